The lowest BCUT2D eigenvalue weighted by molar-refractivity contribution is 0.609. The van der Waals surface area contributed by atoms with Crippen LogP contribution in [0, 0.1) is 6.92 Å². The third-order valence-electron chi connectivity index (χ3n) is 3.89. The van der Waals surface area contributed by atoms with Gasteiger partial charge in [0.2, 0.25) is 0 Å². The van der Waals surface area contributed by atoms with Crippen LogP contribution in [0.5, 0.6) is 0 Å². The normalized spacial score (nSPS) is 11.6. The molecule has 0 unspecified atom stereocenters. The molecule has 0 saturated carbocycles. The minimum absolute atomic E-state index is 0.539. The zero-order valence-electron chi connectivity index (χ0n) is 14.5. The summed E-state index contributed by atoms with van der Waals surface area (Å²) in [6, 6.07) is 19.0. The quantitative estimate of drug-likeness (QED) is 0.705. The molecule has 4 nitrogen and oxygen atoms in total. The summed E-state index contributed by atoms with van der Waals surface area (Å²) in [6.07, 6.45) is 5.89. The van der Waals surface area contributed by atoms with Crippen LogP contribution in [0.1, 0.15) is 22.3 Å². The maximum absolute atomic E-state index is 12.2. The van der Waals surface area contributed by atoms with Crippen LogP contribution in [-0.2, 0) is 16.4 Å². The van der Waals surface area contributed by atoms with Crippen molar-refractivity contribution >= 4 is 21.8 Å². The molecule has 132 valence electrons. The van der Waals surface area contributed by atoms with Crippen molar-refractivity contribution in [2.45, 2.75) is 13.3 Å². The molecule has 2 aromatic carbocycles. The van der Waals surface area contributed by atoms with Gasteiger partial charge in [-0.2, -0.15) is 0 Å². The van der Waals surface area contributed by atoms with Gasteiger partial charge in [0.15, 0.2) is 0 Å². The molecule has 3 aromatic rings. The largest absolute Gasteiger partial charge is 0.280 e. The second-order valence-electron chi connectivity index (χ2n) is 6.09. The lowest BCUT2D eigenvalue weighted by Gasteiger charge is -2.06. The second-order valence-corrected chi connectivity index (χ2v) is 7.66. The highest BCUT2D eigenvalue weighted by Gasteiger charge is 2.06. The van der Waals surface area contributed by atoms with Gasteiger partial charge in [-0.25, -0.2) is 8.42 Å². The number of benzene rings is 2. The fourth-order valence-corrected chi connectivity index (χ4v) is 3.34. The van der Waals surface area contributed by atoms with Crippen LogP contribution in [0.2, 0.25) is 0 Å². The first kappa shape index (κ1) is 17.9. The zero-order chi connectivity index (χ0) is 18.4. The number of sulfonamides is 1. The van der Waals surface area contributed by atoms with E-state index in [0.29, 0.717) is 5.69 Å². The van der Waals surface area contributed by atoms with E-state index in [2.05, 4.69) is 9.71 Å². The van der Waals surface area contributed by atoms with Crippen molar-refractivity contribution in [1.29, 1.82) is 0 Å². The van der Waals surface area contributed by atoms with Crippen LogP contribution < -0.4 is 4.72 Å². The van der Waals surface area contributed by atoms with E-state index in [4.69, 9.17) is 0 Å². The van der Waals surface area contributed by atoms with Crippen molar-refractivity contribution in [2.75, 3.05) is 4.72 Å². The second kappa shape index (κ2) is 7.97. The summed E-state index contributed by atoms with van der Waals surface area (Å²) < 4.78 is 27.0. The molecule has 3 rings (SSSR count). The van der Waals surface area contributed by atoms with Gasteiger partial charge in [-0.15, -0.1) is 0 Å². The van der Waals surface area contributed by atoms with Gasteiger partial charge in [-0.05, 0) is 60.4 Å². The van der Waals surface area contributed by atoms with E-state index in [-0.39, 0.29) is 0 Å². The SMILES string of the molecule is Cc1ccc(/C=C/S(=O)(=O)Nc2ccc(Cc3ccncc3)cc2)cc1. The Morgan fingerprint density at radius 2 is 1.50 bits per heavy atom. The number of aryl methyl sites for hydroxylation is 1. The van der Waals surface area contributed by atoms with Crippen molar-refractivity contribution in [2.24, 2.45) is 0 Å². The molecular formula is C21H20N2O2S. The van der Waals surface area contributed by atoms with Gasteiger partial charge >= 0.3 is 0 Å². The molecule has 0 saturated heterocycles. The predicted molar refractivity (Wildman–Crippen MR) is 106 cm³/mol. The van der Waals surface area contributed by atoms with Crippen LogP contribution in [0.3, 0.4) is 0 Å². The van der Waals surface area contributed by atoms with Crippen molar-refractivity contribution in [1.82, 2.24) is 4.98 Å². The Hall–Kier alpha value is -2.92. The Morgan fingerprint density at radius 1 is 0.885 bits per heavy atom. The van der Waals surface area contributed by atoms with Crippen molar-refractivity contribution in [3.63, 3.8) is 0 Å². The highest BCUT2D eigenvalue weighted by Crippen LogP contribution is 2.15. The maximum atomic E-state index is 12.2. The molecule has 0 bridgehead atoms. The smallest absolute Gasteiger partial charge is 0.255 e. The minimum atomic E-state index is -3.55. The number of nitrogens with one attached hydrogen (secondary N) is 1. The number of aromatic nitrogens is 1. The molecule has 26 heavy (non-hydrogen) atoms. The molecule has 1 aromatic heterocycles. The van der Waals surface area contributed by atoms with Crippen LogP contribution in [-0.4, -0.2) is 13.4 Å². The first-order valence-corrected chi connectivity index (χ1v) is 9.80. The Balaban J connectivity index is 1.65. The number of anilines is 1. The third kappa shape index (κ3) is 5.29. The fourth-order valence-electron chi connectivity index (χ4n) is 2.47. The summed E-state index contributed by atoms with van der Waals surface area (Å²) in [5.41, 5.74) is 4.78. The first-order chi connectivity index (χ1) is 12.5. The van der Waals surface area contributed by atoms with Gasteiger partial charge in [0.05, 0.1) is 5.41 Å². The van der Waals surface area contributed by atoms with Crippen LogP contribution >= 0.6 is 0 Å². The van der Waals surface area contributed by atoms with E-state index < -0.39 is 10.0 Å². The Bertz CT molecular complexity index is 978. The summed E-state index contributed by atoms with van der Waals surface area (Å²) in [5, 5.41) is 1.18. The lowest BCUT2D eigenvalue weighted by Crippen LogP contribution is -2.08. The van der Waals surface area contributed by atoms with E-state index in [1.165, 1.54) is 5.41 Å². The van der Waals surface area contributed by atoms with E-state index >= 15 is 0 Å². The predicted octanol–water partition coefficient (Wildman–Crippen LogP) is 4.39. The number of hydrogen-bond donors (Lipinski definition) is 1. The minimum Gasteiger partial charge on any atom is -0.280 e. The summed E-state index contributed by atoms with van der Waals surface area (Å²) >= 11 is 0. The van der Waals surface area contributed by atoms with Gasteiger partial charge in [-0.3, -0.25) is 9.71 Å². The molecule has 0 aliphatic heterocycles. The standard InChI is InChI=1S/C21H20N2O2S/c1-17-2-4-18(5-3-17)12-15-26(24,25)23-21-8-6-19(7-9-21)16-20-10-13-22-14-11-20/h2-15,23H,16H2,1H3/b15-12+. The average molecular weight is 364 g/mol. The molecular weight excluding hydrogens is 344 g/mol. The molecule has 0 aliphatic rings. The summed E-state index contributed by atoms with van der Waals surface area (Å²) in [4.78, 5) is 4.00. The van der Waals surface area contributed by atoms with Gasteiger partial charge in [-0.1, -0.05) is 42.0 Å². The molecule has 0 radical (unpaired) electrons. The summed E-state index contributed by atoms with van der Waals surface area (Å²) in [6.45, 7) is 1.99. The number of hydrogen-bond acceptors (Lipinski definition) is 3. The highest BCUT2D eigenvalue weighted by molar-refractivity contribution is 7.95. The Labute approximate surface area is 154 Å². The molecule has 1 heterocycles. The van der Waals surface area contributed by atoms with Crippen LogP contribution in [0.15, 0.2) is 78.5 Å². The summed E-state index contributed by atoms with van der Waals surface area (Å²) in [5.74, 6) is 0. The van der Waals surface area contributed by atoms with Crippen LogP contribution in [0.25, 0.3) is 6.08 Å². The Kier molecular flexibility index (Phi) is 5.49. The lowest BCUT2D eigenvalue weighted by atomic mass is 10.1. The van der Waals surface area contributed by atoms with Crippen molar-refractivity contribution < 1.29 is 8.42 Å². The van der Waals surface area contributed by atoms with Gasteiger partial charge < -0.3 is 0 Å². The van der Waals surface area contributed by atoms with E-state index in [9.17, 15) is 8.42 Å². The van der Waals surface area contributed by atoms with Gasteiger partial charge in [0.1, 0.15) is 0 Å². The zero-order valence-corrected chi connectivity index (χ0v) is 15.3. The van der Waals surface area contributed by atoms with Gasteiger partial charge in [0.25, 0.3) is 10.0 Å². The topological polar surface area (TPSA) is 59.1 Å². The van der Waals surface area contributed by atoms with E-state index in [1.807, 2.05) is 55.5 Å². The molecule has 1 N–H and O–H groups in total. The monoisotopic (exact) mass is 364 g/mol. The number of nitrogens with zero attached hydrogens (tertiary/aromatic N) is 1. The third-order valence-corrected chi connectivity index (χ3v) is 4.90. The average Bonchev–Trinajstić information content (AvgIpc) is 2.64. The molecule has 0 spiro atoms. The van der Waals surface area contributed by atoms with E-state index in [1.54, 1.807) is 30.6 Å². The Morgan fingerprint density at radius 3 is 2.15 bits per heavy atom. The van der Waals surface area contributed by atoms with Gasteiger partial charge in [0, 0.05) is 18.1 Å². The molecule has 5 heteroatoms. The highest BCUT2D eigenvalue weighted by atomic mass is 32.2. The number of rotatable bonds is 6. The summed E-state index contributed by atoms with van der Waals surface area (Å²) in [7, 11) is -3.55. The van der Waals surface area contributed by atoms with E-state index in [0.717, 1.165) is 28.7 Å². The molecule has 0 amide bonds. The first-order valence-electron chi connectivity index (χ1n) is 8.26. The van der Waals surface area contributed by atoms with Crippen LogP contribution in [0.4, 0.5) is 5.69 Å². The molecule has 0 aliphatic carbocycles. The number of pyridine rings is 1. The van der Waals surface area contributed by atoms with Crippen molar-refractivity contribution in [3.05, 3.63) is 101 Å². The van der Waals surface area contributed by atoms with Crippen molar-refractivity contribution in [3.8, 4) is 0 Å². The molecule has 0 atom stereocenters. The molecule has 0 fully saturated rings. The fraction of sp³-hybridized carbons (Fsp3) is 0.0952. The maximum Gasteiger partial charge on any atom is 0.255 e.